The molecule has 2 N–H and O–H groups in total. The average molecular weight is 402 g/mol. The Kier molecular flexibility index (Phi) is 7.05. The quantitative estimate of drug-likeness (QED) is 0.782. The number of nitrogens with zero attached hydrogens (tertiary/aromatic N) is 1. The van der Waals surface area contributed by atoms with Gasteiger partial charge >= 0.3 is 0 Å². The van der Waals surface area contributed by atoms with Gasteiger partial charge in [0.15, 0.2) is 0 Å². The maximum absolute atomic E-state index is 5.93. The van der Waals surface area contributed by atoms with E-state index in [2.05, 4.69) is 63.1 Å². The summed E-state index contributed by atoms with van der Waals surface area (Å²) in [7, 11) is 2.15. The lowest BCUT2D eigenvalue weighted by Crippen LogP contribution is -2.37. The molecule has 1 heterocycles. The Bertz CT molecular complexity index is 338. The highest BCUT2D eigenvalue weighted by Crippen LogP contribution is 2.37. The molecule has 0 spiro atoms. The van der Waals surface area contributed by atoms with Gasteiger partial charge in [0.1, 0.15) is 0 Å². The van der Waals surface area contributed by atoms with Crippen LogP contribution in [0.2, 0.25) is 0 Å². The van der Waals surface area contributed by atoms with Crippen molar-refractivity contribution in [2.75, 3.05) is 25.6 Å². The van der Waals surface area contributed by atoms with Crippen LogP contribution in [0.5, 0.6) is 0 Å². The lowest BCUT2D eigenvalue weighted by Gasteiger charge is -2.31. The Labute approximate surface area is 129 Å². The average Bonchev–Trinajstić information content (AvgIpc) is 2.60. The molecule has 98 valence electrons. The van der Waals surface area contributed by atoms with Crippen LogP contribution in [-0.2, 0) is 0 Å². The van der Waals surface area contributed by atoms with Gasteiger partial charge in [0.25, 0.3) is 0 Å². The van der Waals surface area contributed by atoms with Gasteiger partial charge in [-0.05, 0) is 58.2 Å². The lowest BCUT2D eigenvalue weighted by atomic mass is 10.2. The minimum absolute atomic E-state index is 0.296. The van der Waals surface area contributed by atoms with Crippen molar-refractivity contribution in [3.8, 4) is 0 Å². The highest BCUT2D eigenvalue weighted by molar-refractivity contribution is 9.13. The van der Waals surface area contributed by atoms with Gasteiger partial charge in [-0.2, -0.15) is 11.8 Å². The van der Waals surface area contributed by atoms with E-state index in [0.717, 1.165) is 14.0 Å². The van der Waals surface area contributed by atoms with Crippen molar-refractivity contribution in [2.24, 2.45) is 5.73 Å². The van der Waals surface area contributed by atoms with E-state index in [1.54, 1.807) is 11.3 Å². The highest BCUT2D eigenvalue weighted by Gasteiger charge is 2.22. The van der Waals surface area contributed by atoms with Crippen LogP contribution in [0.25, 0.3) is 0 Å². The minimum Gasteiger partial charge on any atom is -0.329 e. The van der Waals surface area contributed by atoms with Crippen LogP contribution in [0, 0.1) is 0 Å². The number of nitrogens with two attached hydrogens (primary N) is 1. The third-order valence-corrected chi connectivity index (χ3v) is 6.98. The van der Waals surface area contributed by atoms with Crippen molar-refractivity contribution in [2.45, 2.75) is 19.0 Å². The molecular weight excluding hydrogens is 384 g/mol. The van der Waals surface area contributed by atoms with Gasteiger partial charge in [-0.3, -0.25) is 4.90 Å². The zero-order valence-electron chi connectivity index (χ0n) is 10.2. The number of thioether (sulfide) groups is 1. The van der Waals surface area contributed by atoms with Crippen molar-refractivity contribution < 1.29 is 0 Å². The van der Waals surface area contributed by atoms with Crippen LogP contribution >= 0.6 is 55.0 Å². The van der Waals surface area contributed by atoms with Gasteiger partial charge < -0.3 is 5.73 Å². The predicted octanol–water partition coefficient (Wildman–Crippen LogP) is 3.96. The fraction of sp³-hybridized carbons (Fsp3) is 0.636. The SMILES string of the molecule is CSCC(C)N(C)C(CN)c1cc(Br)c(Br)s1. The van der Waals surface area contributed by atoms with Crippen LogP contribution in [0.3, 0.4) is 0 Å². The van der Waals surface area contributed by atoms with Crippen LogP contribution in [0.1, 0.15) is 17.8 Å². The van der Waals surface area contributed by atoms with E-state index < -0.39 is 0 Å². The van der Waals surface area contributed by atoms with Crippen molar-refractivity contribution >= 4 is 55.0 Å². The fourth-order valence-corrected chi connectivity index (χ4v) is 4.65. The highest BCUT2D eigenvalue weighted by atomic mass is 79.9. The smallest absolute Gasteiger partial charge is 0.0843 e. The van der Waals surface area contributed by atoms with E-state index in [1.165, 1.54) is 4.88 Å². The monoisotopic (exact) mass is 400 g/mol. The summed E-state index contributed by atoms with van der Waals surface area (Å²) >= 11 is 10.7. The van der Waals surface area contributed by atoms with Gasteiger partial charge in [-0.1, -0.05) is 0 Å². The van der Waals surface area contributed by atoms with Crippen molar-refractivity contribution in [3.05, 3.63) is 19.2 Å². The number of hydrogen-bond acceptors (Lipinski definition) is 4. The first-order valence-corrected chi connectivity index (χ1v) is 9.16. The van der Waals surface area contributed by atoms with Crippen molar-refractivity contribution in [3.63, 3.8) is 0 Å². The maximum atomic E-state index is 5.93. The van der Waals surface area contributed by atoms with Crippen molar-refractivity contribution in [1.29, 1.82) is 0 Å². The number of thiophene rings is 1. The second kappa shape index (κ2) is 7.50. The molecule has 1 aromatic heterocycles. The number of hydrogen-bond donors (Lipinski definition) is 1. The first-order chi connectivity index (χ1) is 8.01. The molecule has 0 aliphatic carbocycles. The van der Waals surface area contributed by atoms with Crippen LogP contribution in [-0.4, -0.2) is 36.5 Å². The predicted molar refractivity (Wildman–Crippen MR) is 87.1 cm³/mol. The third-order valence-electron chi connectivity index (χ3n) is 2.81. The molecule has 1 rings (SSSR count). The molecular formula is C11H18Br2N2S2. The standard InChI is InChI=1S/C11H18Br2N2S2/c1-7(6-16-3)15(2)9(5-14)10-4-8(12)11(13)17-10/h4,7,9H,5-6,14H2,1-3H3. The van der Waals surface area contributed by atoms with Gasteiger partial charge in [-0.15, -0.1) is 11.3 Å². The fourth-order valence-electron chi connectivity index (χ4n) is 1.68. The van der Waals surface area contributed by atoms with Gasteiger partial charge in [0.05, 0.1) is 9.83 Å². The van der Waals surface area contributed by atoms with Gasteiger partial charge in [0, 0.05) is 27.7 Å². The second-order valence-corrected chi connectivity index (χ2v) is 8.16. The molecule has 0 aliphatic heterocycles. The molecule has 0 aromatic carbocycles. The normalized spacial score (nSPS) is 15.2. The maximum Gasteiger partial charge on any atom is 0.0843 e. The summed E-state index contributed by atoms with van der Waals surface area (Å²) in [6.07, 6.45) is 2.14. The van der Waals surface area contributed by atoms with E-state index in [-0.39, 0.29) is 0 Å². The van der Waals surface area contributed by atoms with E-state index in [9.17, 15) is 0 Å². The molecule has 0 radical (unpaired) electrons. The Morgan fingerprint density at radius 1 is 1.53 bits per heavy atom. The van der Waals surface area contributed by atoms with E-state index in [1.807, 2.05) is 11.8 Å². The molecule has 2 atom stereocenters. The number of halogens is 2. The van der Waals surface area contributed by atoms with Crippen LogP contribution in [0.15, 0.2) is 14.3 Å². The molecule has 0 saturated carbocycles. The molecule has 0 bridgehead atoms. The van der Waals surface area contributed by atoms with Gasteiger partial charge in [0.2, 0.25) is 0 Å². The molecule has 2 nitrogen and oxygen atoms in total. The molecule has 1 aromatic rings. The van der Waals surface area contributed by atoms with Crippen LogP contribution in [0.4, 0.5) is 0 Å². The molecule has 17 heavy (non-hydrogen) atoms. The van der Waals surface area contributed by atoms with Gasteiger partial charge in [-0.25, -0.2) is 0 Å². The number of rotatable bonds is 6. The molecule has 0 amide bonds. The Morgan fingerprint density at radius 2 is 2.18 bits per heavy atom. The molecule has 0 fully saturated rings. The molecule has 0 saturated heterocycles. The largest absolute Gasteiger partial charge is 0.329 e. The molecule has 6 heteroatoms. The Hall–Kier alpha value is 0.930. The minimum atomic E-state index is 0.296. The van der Waals surface area contributed by atoms with Crippen LogP contribution < -0.4 is 5.73 Å². The van der Waals surface area contributed by atoms with E-state index in [4.69, 9.17) is 5.73 Å². The van der Waals surface area contributed by atoms with Crippen molar-refractivity contribution in [1.82, 2.24) is 4.90 Å². The van der Waals surface area contributed by atoms with E-state index >= 15 is 0 Å². The zero-order valence-corrected chi connectivity index (χ0v) is 15.0. The lowest BCUT2D eigenvalue weighted by molar-refractivity contribution is 0.207. The Morgan fingerprint density at radius 3 is 2.59 bits per heavy atom. The zero-order chi connectivity index (χ0) is 13.0. The van der Waals surface area contributed by atoms with E-state index in [0.29, 0.717) is 18.6 Å². The summed E-state index contributed by atoms with van der Waals surface area (Å²) in [6.45, 7) is 2.89. The molecule has 2 unspecified atom stereocenters. The number of likely N-dealkylation sites (N-methyl/N-ethyl adjacent to an activating group) is 1. The topological polar surface area (TPSA) is 29.3 Å². The summed E-state index contributed by atoms with van der Waals surface area (Å²) in [5.41, 5.74) is 5.93. The summed E-state index contributed by atoms with van der Waals surface area (Å²) in [5, 5.41) is 0. The summed E-state index contributed by atoms with van der Waals surface area (Å²) in [4.78, 5) is 3.67. The summed E-state index contributed by atoms with van der Waals surface area (Å²) in [6, 6.07) is 2.98. The summed E-state index contributed by atoms with van der Waals surface area (Å²) in [5.74, 6) is 1.13. The Balaban J connectivity index is 2.83. The first kappa shape index (κ1) is 16.0. The first-order valence-electron chi connectivity index (χ1n) is 5.36. The molecule has 0 aliphatic rings. The summed E-state index contributed by atoms with van der Waals surface area (Å²) < 4.78 is 2.25. The second-order valence-electron chi connectivity index (χ2n) is 3.99. The third kappa shape index (κ3) is 4.21.